The summed E-state index contributed by atoms with van der Waals surface area (Å²) in [6.07, 6.45) is -0.673. The number of carboxylic acids is 1. The molecule has 3 N–H and O–H groups in total. The number of benzene rings is 1. The minimum atomic E-state index is -1.08. The molecule has 1 saturated heterocycles. The third-order valence-electron chi connectivity index (χ3n) is 3.10. The summed E-state index contributed by atoms with van der Waals surface area (Å²) in [6, 6.07) is 8.25. The Morgan fingerprint density at radius 3 is 2.63 bits per heavy atom. The number of nitrogens with one attached hydrogen (secondary N) is 1. The lowest BCUT2D eigenvalue weighted by atomic mass is 10.2. The van der Waals surface area contributed by atoms with Crippen LogP contribution in [0, 0.1) is 0 Å². The zero-order chi connectivity index (χ0) is 13.8. The molecule has 2 rings (SSSR count). The number of β-amino-alcohol motifs (C(OH)–C–C–N with tert-alkyl or cyclic N) is 1. The van der Waals surface area contributed by atoms with Crippen LogP contribution in [0.25, 0.3) is 0 Å². The van der Waals surface area contributed by atoms with Crippen LogP contribution in [0.2, 0.25) is 0 Å². The van der Waals surface area contributed by atoms with Gasteiger partial charge in [0.15, 0.2) is 0 Å². The number of aliphatic hydroxyl groups is 1. The van der Waals surface area contributed by atoms with Gasteiger partial charge in [-0.05, 0) is 12.1 Å². The predicted octanol–water partition coefficient (Wildman–Crippen LogP) is 0.145. The van der Waals surface area contributed by atoms with E-state index in [1.165, 1.54) is 4.90 Å². The Morgan fingerprint density at radius 2 is 2.00 bits per heavy atom. The lowest BCUT2D eigenvalue weighted by Crippen LogP contribution is -2.43. The van der Waals surface area contributed by atoms with Gasteiger partial charge in [-0.3, -0.25) is 4.79 Å². The van der Waals surface area contributed by atoms with E-state index in [-0.39, 0.29) is 25.4 Å². The molecule has 2 atom stereocenters. The number of rotatable bonds is 4. The molecule has 0 spiro atoms. The molecule has 0 saturated carbocycles. The van der Waals surface area contributed by atoms with Crippen LogP contribution in [-0.2, 0) is 9.59 Å². The molecule has 0 radical (unpaired) electrons. The van der Waals surface area contributed by atoms with Gasteiger partial charge in [0.1, 0.15) is 6.04 Å². The molecule has 0 aliphatic carbocycles. The molecule has 1 amide bonds. The van der Waals surface area contributed by atoms with Crippen LogP contribution in [0.3, 0.4) is 0 Å². The number of amides is 1. The van der Waals surface area contributed by atoms with E-state index in [0.29, 0.717) is 0 Å². The van der Waals surface area contributed by atoms with Crippen LogP contribution in [0.4, 0.5) is 5.69 Å². The first-order chi connectivity index (χ1) is 9.08. The highest BCUT2D eigenvalue weighted by molar-refractivity contribution is 5.87. The average molecular weight is 264 g/mol. The molecule has 1 aliphatic heterocycles. The Morgan fingerprint density at radius 1 is 1.32 bits per heavy atom. The number of carbonyl (C=O) groups excluding carboxylic acids is 1. The van der Waals surface area contributed by atoms with Crippen molar-refractivity contribution in [3.8, 4) is 0 Å². The summed E-state index contributed by atoms with van der Waals surface area (Å²) in [5.74, 6) is -1.41. The molecule has 0 aromatic heterocycles. The Hall–Kier alpha value is -2.08. The van der Waals surface area contributed by atoms with Gasteiger partial charge in [-0.15, -0.1) is 0 Å². The van der Waals surface area contributed by atoms with Crippen LogP contribution in [0.5, 0.6) is 0 Å². The molecule has 1 aromatic carbocycles. The third-order valence-corrected chi connectivity index (χ3v) is 3.10. The van der Waals surface area contributed by atoms with E-state index in [2.05, 4.69) is 5.32 Å². The van der Waals surface area contributed by atoms with E-state index < -0.39 is 18.1 Å². The van der Waals surface area contributed by atoms with Gasteiger partial charge in [-0.1, -0.05) is 18.2 Å². The molecule has 1 aliphatic rings. The highest BCUT2D eigenvalue weighted by Gasteiger charge is 2.38. The van der Waals surface area contributed by atoms with Crippen LogP contribution in [0.15, 0.2) is 30.3 Å². The number of likely N-dealkylation sites (tertiary alicyclic amines) is 1. The van der Waals surface area contributed by atoms with Gasteiger partial charge < -0.3 is 20.4 Å². The van der Waals surface area contributed by atoms with Crippen molar-refractivity contribution in [2.24, 2.45) is 0 Å². The van der Waals surface area contributed by atoms with Gasteiger partial charge in [-0.2, -0.15) is 0 Å². The summed E-state index contributed by atoms with van der Waals surface area (Å²) >= 11 is 0. The largest absolute Gasteiger partial charge is 0.480 e. The van der Waals surface area contributed by atoms with Gasteiger partial charge in [0, 0.05) is 18.7 Å². The topological polar surface area (TPSA) is 89.9 Å². The Labute approximate surface area is 110 Å². The Kier molecular flexibility index (Phi) is 4.01. The molecule has 19 heavy (non-hydrogen) atoms. The number of hydrogen-bond acceptors (Lipinski definition) is 4. The van der Waals surface area contributed by atoms with Gasteiger partial charge >= 0.3 is 5.97 Å². The molecule has 0 bridgehead atoms. The smallest absolute Gasteiger partial charge is 0.326 e. The number of carbonyl (C=O) groups is 2. The van der Waals surface area contributed by atoms with E-state index >= 15 is 0 Å². The first-order valence-electron chi connectivity index (χ1n) is 6.07. The Balaban J connectivity index is 1.94. The minimum absolute atomic E-state index is 0.0144. The number of nitrogens with zero attached hydrogens (tertiary/aromatic N) is 1. The summed E-state index contributed by atoms with van der Waals surface area (Å²) in [5.41, 5.74) is 0.794. The third kappa shape index (κ3) is 3.23. The van der Waals surface area contributed by atoms with Crippen LogP contribution >= 0.6 is 0 Å². The molecular weight excluding hydrogens is 248 g/mol. The van der Waals surface area contributed by atoms with Crippen molar-refractivity contribution in [2.45, 2.75) is 18.6 Å². The average Bonchev–Trinajstić information content (AvgIpc) is 2.79. The summed E-state index contributed by atoms with van der Waals surface area (Å²) < 4.78 is 0. The fraction of sp³-hybridized carbons (Fsp3) is 0.385. The second-order valence-electron chi connectivity index (χ2n) is 4.51. The standard InChI is InChI=1S/C13H16N2O4/c16-10-6-11(13(18)19)15(8-10)12(17)7-14-9-4-2-1-3-5-9/h1-5,10-11,14,16H,6-8H2,(H,18,19)/t10?,11-/m0/s1. The molecule has 1 heterocycles. The minimum Gasteiger partial charge on any atom is -0.480 e. The quantitative estimate of drug-likeness (QED) is 0.720. The first kappa shape index (κ1) is 13.4. The first-order valence-corrected chi connectivity index (χ1v) is 6.07. The molecular formula is C13H16N2O4. The molecule has 6 nitrogen and oxygen atoms in total. The zero-order valence-electron chi connectivity index (χ0n) is 10.3. The maximum atomic E-state index is 12.0. The molecule has 1 unspecified atom stereocenters. The Bertz CT molecular complexity index is 463. The van der Waals surface area contributed by atoms with Gasteiger partial charge in [0.25, 0.3) is 0 Å². The summed E-state index contributed by atoms with van der Waals surface area (Å²) in [5, 5.41) is 21.4. The molecule has 6 heteroatoms. The van der Waals surface area contributed by atoms with Crippen LogP contribution < -0.4 is 5.32 Å². The second-order valence-corrected chi connectivity index (χ2v) is 4.51. The number of anilines is 1. The van der Waals surface area contributed by atoms with Gasteiger partial charge in [-0.25, -0.2) is 4.79 Å². The lowest BCUT2D eigenvalue weighted by molar-refractivity contribution is -0.147. The number of aliphatic hydroxyl groups excluding tert-OH is 1. The van der Waals surface area contributed by atoms with Gasteiger partial charge in [0.05, 0.1) is 12.6 Å². The summed E-state index contributed by atoms with van der Waals surface area (Å²) in [4.78, 5) is 24.2. The normalized spacial score (nSPS) is 22.3. The second kappa shape index (κ2) is 5.71. The number of aliphatic carboxylic acids is 1. The maximum Gasteiger partial charge on any atom is 0.326 e. The van der Waals surface area contributed by atoms with E-state index in [0.717, 1.165) is 5.69 Å². The molecule has 102 valence electrons. The van der Waals surface area contributed by atoms with Crippen molar-refractivity contribution in [2.75, 3.05) is 18.4 Å². The van der Waals surface area contributed by atoms with E-state index in [4.69, 9.17) is 5.11 Å². The van der Waals surface area contributed by atoms with E-state index in [1.54, 1.807) is 0 Å². The SMILES string of the molecule is O=C(O)[C@@H]1CC(O)CN1C(=O)CNc1ccccc1. The van der Waals surface area contributed by atoms with Crippen LogP contribution in [0.1, 0.15) is 6.42 Å². The van der Waals surface area contributed by atoms with Gasteiger partial charge in [0.2, 0.25) is 5.91 Å². The van der Waals surface area contributed by atoms with E-state index in [9.17, 15) is 14.7 Å². The predicted molar refractivity (Wildman–Crippen MR) is 68.7 cm³/mol. The molecule has 1 fully saturated rings. The lowest BCUT2D eigenvalue weighted by Gasteiger charge is -2.21. The highest BCUT2D eigenvalue weighted by atomic mass is 16.4. The molecule has 1 aromatic rings. The van der Waals surface area contributed by atoms with Crippen molar-refractivity contribution >= 4 is 17.6 Å². The van der Waals surface area contributed by atoms with Crippen molar-refractivity contribution in [1.29, 1.82) is 0 Å². The van der Waals surface area contributed by atoms with Crippen LogP contribution in [-0.4, -0.2) is 52.2 Å². The number of para-hydroxylation sites is 1. The highest BCUT2D eigenvalue weighted by Crippen LogP contribution is 2.18. The fourth-order valence-corrected chi connectivity index (χ4v) is 2.16. The van der Waals surface area contributed by atoms with Crippen molar-refractivity contribution in [3.05, 3.63) is 30.3 Å². The maximum absolute atomic E-state index is 12.0. The monoisotopic (exact) mass is 264 g/mol. The zero-order valence-corrected chi connectivity index (χ0v) is 10.3. The fourth-order valence-electron chi connectivity index (χ4n) is 2.16. The number of carboxylic acid groups (broad SMARTS) is 1. The van der Waals surface area contributed by atoms with Crippen molar-refractivity contribution in [1.82, 2.24) is 4.90 Å². The van der Waals surface area contributed by atoms with E-state index in [1.807, 2.05) is 30.3 Å². The van der Waals surface area contributed by atoms with Crippen molar-refractivity contribution < 1.29 is 19.8 Å². The summed E-state index contributed by atoms with van der Waals surface area (Å²) in [7, 11) is 0. The number of hydrogen-bond donors (Lipinski definition) is 3. The van der Waals surface area contributed by atoms with Crippen molar-refractivity contribution in [3.63, 3.8) is 0 Å². The summed E-state index contributed by atoms with van der Waals surface area (Å²) in [6.45, 7) is 0.0901.